The molecule has 0 bridgehead atoms. The van der Waals surface area contributed by atoms with Crippen LogP contribution in [0.5, 0.6) is 0 Å². The van der Waals surface area contributed by atoms with Crippen LogP contribution in [0.15, 0.2) is 48.8 Å². The fourth-order valence-corrected chi connectivity index (χ4v) is 1.32. The van der Waals surface area contributed by atoms with Crippen LogP contribution in [0.1, 0.15) is 27.7 Å². The van der Waals surface area contributed by atoms with E-state index in [4.69, 9.17) is 0 Å². The van der Waals surface area contributed by atoms with Gasteiger partial charge in [0.15, 0.2) is 0 Å². The molecule has 0 atom stereocenters. The Labute approximate surface area is 136 Å². The molecule has 2 heterocycles. The van der Waals surface area contributed by atoms with Crippen molar-refractivity contribution in [3.05, 3.63) is 67.0 Å². The summed E-state index contributed by atoms with van der Waals surface area (Å²) < 4.78 is 0. The Hall–Kier alpha value is -1.04. The van der Waals surface area contributed by atoms with E-state index < -0.39 is 0 Å². The Kier molecular flexibility index (Phi) is 10.2. The Morgan fingerprint density at radius 1 is 0.850 bits per heavy atom. The minimum atomic E-state index is 0. The second kappa shape index (κ2) is 10.7. The molecule has 2 aromatic heterocycles. The predicted octanol–water partition coefficient (Wildman–Crippen LogP) is 4.56. The third kappa shape index (κ3) is 6.94. The van der Waals surface area contributed by atoms with Gasteiger partial charge in [-0.15, -0.1) is 0 Å². The zero-order chi connectivity index (χ0) is 14.1. The van der Waals surface area contributed by atoms with Crippen molar-refractivity contribution in [3.8, 4) is 11.4 Å². The topological polar surface area (TPSA) is 25.8 Å². The van der Waals surface area contributed by atoms with Crippen molar-refractivity contribution in [2.75, 3.05) is 0 Å². The molecule has 0 spiro atoms. The Morgan fingerprint density at radius 3 is 1.50 bits per heavy atom. The number of rotatable bonds is 3. The van der Waals surface area contributed by atoms with E-state index in [1.54, 1.807) is 12.4 Å². The second-order valence-electron chi connectivity index (χ2n) is 4.40. The van der Waals surface area contributed by atoms with E-state index in [0.29, 0.717) is 0 Å². The van der Waals surface area contributed by atoms with Crippen molar-refractivity contribution in [1.82, 2.24) is 9.97 Å². The summed E-state index contributed by atoms with van der Waals surface area (Å²) >= 11 is 0. The van der Waals surface area contributed by atoms with Crippen molar-refractivity contribution < 1.29 is 20.4 Å². The first-order valence-electron chi connectivity index (χ1n) is 6.41. The van der Waals surface area contributed by atoms with Crippen molar-refractivity contribution in [1.29, 1.82) is 0 Å². The average molecular weight is 360 g/mol. The van der Waals surface area contributed by atoms with Gasteiger partial charge in [0.05, 0.1) is 11.4 Å². The van der Waals surface area contributed by atoms with E-state index in [0.717, 1.165) is 11.4 Å². The van der Waals surface area contributed by atoms with E-state index in [2.05, 4.69) is 44.1 Å². The fraction of sp³-hybridized carbons (Fsp3) is 0.235. The summed E-state index contributed by atoms with van der Waals surface area (Å²) in [5.41, 5.74) is 1.83. The molecular weight excluding hydrogens is 339 g/mol. The molecule has 0 amide bonds. The standard InChI is InChI=1S/C10H8N2.C7H13.Pd/c1-3-7-11-9(5-1)10-6-2-4-8-12-10;1-5-7(4)6(2)3;/h1-8H;5H,1-4H3;. The number of aromatic nitrogens is 2. The maximum absolute atomic E-state index is 4.19. The first kappa shape index (κ1) is 19.0. The van der Waals surface area contributed by atoms with Gasteiger partial charge in [-0.1, -0.05) is 39.8 Å². The Morgan fingerprint density at radius 2 is 1.30 bits per heavy atom. The van der Waals surface area contributed by atoms with E-state index in [1.165, 1.54) is 11.8 Å². The summed E-state index contributed by atoms with van der Waals surface area (Å²) in [6, 6.07) is 11.6. The average Bonchev–Trinajstić information content (AvgIpc) is 2.49. The smallest absolute Gasteiger partial charge is 0.0886 e. The van der Waals surface area contributed by atoms with E-state index in [1.807, 2.05) is 36.4 Å². The third-order valence-corrected chi connectivity index (χ3v) is 2.81. The van der Waals surface area contributed by atoms with E-state index in [-0.39, 0.29) is 20.4 Å². The summed E-state index contributed by atoms with van der Waals surface area (Å²) in [6.07, 6.45) is 5.66. The summed E-state index contributed by atoms with van der Waals surface area (Å²) in [7, 11) is 0. The van der Waals surface area contributed by atoms with Crippen molar-refractivity contribution in [3.63, 3.8) is 0 Å². The number of hydrogen-bond donors (Lipinski definition) is 0. The van der Waals surface area contributed by atoms with Gasteiger partial charge in [0, 0.05) is 32.8 Å². The molecular formula is C17H21N2Pd. The van der Waals surface area contributed by atoms with Crippen LogP contribution in [0.25, 0.3) is 11.4 Å². The van der Waals surface area contributed by atoms with Crippen molar-refractivity contribution in [2.24, 2.45) is 0 Å². The van der Waals surface area contributed by atoms with E-state index >= 15 is 0 Å². The molecule has 3 heteroatoms. The maximum Gasteiger partial charge on any atom is 0.0886 e. The summed E-state index contributed by atoms with van der Waals surface area (Å²) in [5, 5.41) is 0. The normalized spacial score (nSPS) is 9.70. The van der Waals surface area contributed by atoms with Gasteiger partial charge in [-0.25, -0.2) is 0 Å². The maximum atomic E-state index is 4.19. The molecule has 20 heavy (non-hydrogen) atoms. The molecule has 2 nitrogen and oxygen atoms in total. The first-order chi connectivity index (χ1) is 9.15. The van der Waals surface area contributed by atoms with Crippen LogP contribution in [0.2, 0.25) is 0 Å². The molecule has 0 aliphatic heterocycles. The molecule has 0 N–H and O–H groups in total. The number of hydrogen-bond acceptors (Lipinski definition) is 2. The summed E-state index contributed by atoms with van der Waals surface area (Å²) in [4.78, 5) is 8.37. The second-order valence-corrected chi connectivity index (χ2v) is 4.40. The zero-order valence-corrected chi connectivity index (χ0v) is 14.0. The molecule has 2 aromatic rings. The van der Waals surface area contributed by atoms with Crippen LogP contribution in [0.3, 0.4) is 0 Å². The van der Waals surface area contributed by atoms with Crippen LogP contribution in [-0.4, -0.2) is 9.97 Å². The van der Waals surface area contributed by atoms with Gasteiger partial charge in [0.25, 0.3) is 0 Å². The molecule has 0 aliphatic rings. The van der Waals surface area contributed by atoms with Crippen LogP contribution in [0.4, 0.5) is 0 Å². The van der Waals surface area contributed by atoms with Gasteiger partial charge in [-0.2, -0.15) is 0 Å². The molecule has 0 aliphatic carbocycles. The van der Waals surface area contributed by atoms with Gasteiger partial charge in [0.1, 0.15) is 0 Å². The minimum Gasteiger partial charge on any atom is -0.255 e. The molecule has 2 rings (SSSR count). The molecule has 0 unspecified atom stereocenters. The van der Waals surface area contributed by atoms with Gasteiger partial charge < -0.3 is 0 Å². The number of nitrogens with zero attached hydrogens (tertiary/aromatic N) is 2. The minimum absolute atomic E-state index is 0. The van der Waals surface area contributed by atoms with Crippen LogP contribution in [0, 0.1) is 18.3 Å². The monoisotopic (exact) mass is 359 g/mol. The third-order valence-electron chi connectivity index (χ3n) is 2.81. The number of pyridine rings is 2. The molecule has 0 aromatic carbocycles. The quantitative estimate of drug-likeness (QED) is 0.751. The molecule has 0 saturated heterocycles. The van der Waals surface area contributed by atoms with Crippen molar-refractivity contribution >= 4 is 0 Å². The molecule has 3 radical (unpaired) electrons. The summed E-state index contributed by atoms with van der Waals surface area (Å²) in [6.45, 7) is 8.42. The van der Waals surface area contributed by atoms with Crippen LogP contribution < -0.4 is 0 Å². The van der Waals surface area contributed by atoms with Gasteiger partial charge in [-0.3, -0.25) is 9.97 Å². The van der Waals surface area contributed by atoms with Crippen LogP contribution >= 0.6 is 0 Å². The summed E-state index contributed by atoms with van der Waals surface area (Å²) in [5.74, 6) is 2.79. The fourth-order valence-electron chi connectivity index (χ4n) is 1.32. The first-order valence-corrected chi connectivity index (χ1v) is 6.41. The molecule has 109 valence electrons. The van der Waals surface area contributed by atoms with E-state index in [9.17, 15) is 0 Å². The van der Waals surface area contributed by atoms with Crippen molar-refractivity contribution in [2.45, 2.75) is 27.7 Å². The SMILES string of the molecule is C[CH][C](C)[C](C)C.[Pd].c1ccc(-c2ccccn2)nc1. The zero-order valence-electron chi connectivity index (χ0n) is 12.4. The van der Waals surface area contributed by atoms with Gasteiger partial charge in [0.2, 0.25) is 0 Å². The molecule has 0 fully saturated rings. The Bertz CT molecular complexity index is 406. The van der Waals surface area contributed by atoms with Crippen LogP contribution in [-0.2, 0) is 20.4 Å². The molecule has 0 saturated carbocycles. The largest absolute Gasteiger partial charge is 0.255 e. The van der Waals surface area contributed by atoms with Gasteiger partial charge in [-0.05, 0) is 42.5 Å². The van der Waals surface area contributed by atoms with Gasteiger partial charge >= 0.3 is 0 Å². The Balaban J connectivity index is 0.000000396. The predicted molar refractivity (Wildman–Crippen MR) is 81.0 cm³/mol.